The van der Waals surface area contributed by atoms with Crippen molar-refractivity contribution in [2.75, 3.05) is 6.61 Å². The van der Waals surface area contributed by atoms with E-state index in [1.807, 2.05) is 0 Å². The van der Waals surface area contributed by atoms with Crippen LogP contribution in [0.25, 0.3) is 0 Å². The first-order valence-electron chi connectivity index (χ1n) is 8.26. The SMILES string of the molecule is O=C(N[C@H]1CCCCC[C@H]1C(=O)O)c1cnc(C2CCCO2)s1. The first-order chi connectivity index (χ1) is 11.1. The van der Waals surface area contributed by atoms with E-state index in [0.29, 0.717) is 11.3 Å². The van der Waals surface area contributed by atoms with Gasteiger partial charge >= 0.3 is 5.97 Å². The Hall–Kier alpha value is -1.47. The fourth-order valence-electron chi connectivity index (χ4n) is 3.33. The third-order valence-electron chi connectivity index (χ3n) is 4.60. The van der Waals surface area contributed by atoms with Gasteiger partial charge in [0, 0.05) is 12.6 Å². The quantitative estimate of drug-likeness (QED) is 0.824. The molecular weight excluding hydrogens is 316 g/mol. The number of amides is 1. The fraction of sp³-hybridized carbons (Fsp3) is 0.688. The van der Waals surface area contributed by atoms with Gasteiger partial charge in [-0.25, -0.2) is 4.98 Å². The molecule has 0 bridgehead atoms. The summed E-state index contributed by atoms with van der Waals surface area (Å²) in [6.07, 6.45) is 7.79. The zero-order valence-corrected chi connectivity index (χ0v) is 13.8. The van der Waals surface area contributed by atoms with Gasteiger partial charge in [0.15, 0.2) is 0 Å². The maximum atomic E-state index is 12.4. The summed E-state index contributed by atoms with van der Waals surface area (Å²) in [6, 6.07) is -0.296. The summed E-state index contributed by atoms with van der Waals surface area (Å²) >= 11 is 1.35. The molecule has 1 saturated heterocycles. The Bertz CT molecular complexity index is 568. The highest BCUT2D eigenvalue weighted by Crippen LogP contribution is 2.31. The average molecular weight is 338 g/mol. The van der Waals surface area contributed by atoms with E-state index in [1.54, 1.807) is 6.20 Å². The van der Waals surface area contributed by atoms with E-state index in [4.69, 9.17) is 4.74 Å². The number of hydrogen-bond donors (Lipinski definition) is 2. The predicted octanol–water partition coefficient (Wildman–Crippen LogP) is 2.76. The van der Waals surface area contributed by atoms with E-state index in [2.05, 4.69) is 10.3 Å². The Kier molecular flexibility index (Phi) is 5.27. The number of carbonyl (C=O) groups excluding carboxylic acids is 1. The maximum absolute atomic E-state index is 12.4. The van der Waals surface area contributed by atoms with Gasteiger partial charge < -0.3 is 15.2 Å². The second-order valence-electron chi connectivity index (χ2n) is 6.23. The number of aliphatic carboxylic acids is 1. The van der Waals surface area contributed by atoms with E-state index in [-0.39, 0.29) is 18.1 Å². The van der Waals surface area contributed by atoms with Crippen molar-refractivity contribution in [3.8, 4) is 0 Å². The predicted molar refractivity (Wildman–Crippen MR) is 85.5 cm³/mol. The van der Waals surface area contributed by atoms with Crippen LogP contribution in [0.4, 0.5) is 0 Å². The third kappa shape index (κ3) is 3.90. The third-order valence-corrected chi connectivity index (χ3v) is 5.69. The standard InChI is InChI=1S/C16H22N2O4S/c19-14(13-9-17-15(23-13)12-7-4-8-22-12)18-11-6-3-1-2-5-10(11)16(20)21/h9-12H,1-8H2,(H,18,19)(H,20,21)/t10-,11+,12?/m1/s1. The van der Waals surface area contributed by atoms with Crippen LogP contribution in [0.15, 0.2) is 6.20 Å². The second-order valence-corrected chi connectivity index (χ2v) is 7.29. The molecule has 0 spiro atoms. The zero-order valence-electron chi connectivity index (χ0n) is 13.0. The molecule has 1 saturated carbocycles. The number of nitrogens with zero attached hydrogens (tertiary/aromatic N) is 1. The molecule has 1 aliphatic heterocycles. The minimum Gasteiger partial charge on any atom is -0.481 e. The molecule has 23 heavy (non-hydrogen) atoms. The molecule has 2 aliphatic rings. The monoisotopic (exact) mass is 338 g/mol. The van der Waals surface area contributed by atoms with Crippen LogP contribution in [0, 0.1) is 5.92 Å². The van der Waals surface area contributed by atoms with Crippen LogP contribution in [0.1, 0.15) is 65.7 Å². The van der Waals surface area contributed by atoms with E-state index in [0.717, 1.165) is 50.1 Å². The van der Waals surface area contributed by atoms with E-state index < -0.39 is 11.9 Å². The lowest BCUT2D eigenvalue weighted by Crippen LogP contribution is -2.42. The topological polar surface area (TPSA) is 88.5 Å². The molecule has 0 radical (unpaired) electrons. The number of hydrogen-bond acceptors (Lipinski definition) is 5. The second kappa shape index (κ2) is 7.40. The lowest BCUT2D eigenvalue weighted by Gasteiger charge is -2.22. The highest BCUT2D eigenvalue weighted by Gasteiger charge is 2.31. The average Bonchev–Trinajstić information content (AvgIpc) is 3.15. The van der Waals surface area contributed by atoms with Crippen LogP contribution in [0.2, 0.25) is 0 Å². The van der Waals surface area contributed by atoms with Crippen molar-refractivity contribution >= 4 is 23.2 Å². The molecule has 2 heterocycles. The van der Waals surface area contributed by atoms with Crippen molar-refractivity contribution in [3.63, 3.8) is 0 Å². The number of nitrogens with one attached hydrogen (secondary N) is 1. The molecule has 1 aromatic rings. The summed E-state index contributed by atoms with van der Waals surface area (Å²) in [5, 5.41) is 13.1. The van der Waals surface area contributed by atoms with Gasteiger partial charge in [0.25, 0.3) is 5.91 Å². The van der Waals surface area contributed by atoms with Crippen LogP contribution < -0.4 is 5.32 Å². The molecule has 2 fully saturated rings. The minimum atomic E-state index is -0.818. The van der Waals surface area contributed by atoms with Gasteiger partial charge in [-0.15, -0.1) is 11.3 Å². The lowest BCUT2D eigenvalue weighted by molar-refractivity contribution is -0.142. The number of carbonyl (C=O) groups is 2. The summed E-state index contributed by atoms with van der Waals surface area (Å²) in [5.74, 6) is -1.53. The molecule has 3 rings (SSSR count). The number of thiazole rings is 1. The van der Waals surface area contributed by atoms with Crippen LogP contribution in [-0.4, -0.2) is 34.6 Å². The van der Waals surface area contributed by atoms with E-state index >= 15 is 0 Å². The molecule has 1 aromatic heterocycles. The van der Waals surface area contributed by atoms with Crippen molar-refractivity contribution in [2.45, 2.75) is 57.1 Å². The molecule has 2 N–H and O–H groups in total. The van der Waals surface area contributed by atoms with Crippen molar-refractivity contribution < 1.29 is 19.4 Å². The number of rotatable bonds is 4. The van der Waals surface area contributed by atoms with Gasteiger partial charge in [-0.05, 0) is 25.7 Å². The van der Waals surface area contributed by atoms with Gasteiger partial charge in [-0.3, -0.25) is 9.59 Å². The largest absolute Gasteiger partial charge is 0.481 e. The van der Waals surface area contributed by atoms with Crippen molar-refractivity contribution in [3.05, 3.63) is 16.1 Å². The Labute approximate surface area is 139 Å². The van der Waals surface area contributed by atoms with Gasteiger partial charge in [0.2, 0.25) is 0 Å². The van der Waals surface area contributed by atoms with Crippen molar-refractivity contribution in [1.29, 1.82) is 0 Å². The van der Waals surface area contributed by atoms with Crippen LogP contribution >= 0.6 is 11.3 Å². The Morgan fingerprint density at radius 2 is 2.04 bits per heavy atom. The molecule has 1 aliphatic carbocycles. The Morgan fingerprint density at radius 1 is 1.22 bits per heavy atom. The first kappa shape index (κ1) is 16.4. The summed E-state index contributed by atoms with van der Waals surface area (Å²) in [4.78, 5) is 28.7. The summed E-state index contributed by atoms with van der Waals surface area (Å²) < 4.78 is 5.59. The molecule has 7 heteroatoms. The lowest BCUT2D eigenvalue weighted by atomic mass is 9.95. The minimum absolute atomic E-state index is 0.00574. The van der Waals surface area contributed by atoms with Gasteiger partial charge in [0.05, 0.1) is 12.1 Å². The molecule has 1 unspecified atom stereocenters. The molecule has 1 amide bonds. The van der Waals surface area contributed by atoms with E-state index in [1.165, 1.54) is 11.3 Å². The summed E-state index contributed by atoms with van der Waals surface area (Å²) in [6.45, 7) is 0.744. The van der Waals surface area contributed by atoms with Crippen molar-refractivity contribution in [1.82, 2.24) is 10.3 Å². The highest BCUT2D eigenvalue weighted by molar-refractivity contribution is 7.13. The number of aromatic nitrogens is 1. The molecule has 6 nitrogen and oxygen atoms in total. The maximum Gasteiger partial charge on any atom is 0.308 e. The van der Waals surface area contributed by atoms with Crippen LogP contribution in [0.5, 0.6) is 0 Å². The fourth-order valence-corrected chi connectivity index (χ4v) is 4.23. The first-order valence-corrected chi connectivity index (χ1v) is 9.08. The van der Waals surface area contributed by atoms with Crippen LogP contribution in [0.3, 0.4) is 0 Å². The van der Waals surface area contributed by atoms with Gasteiger partial charge in [-0.2, -0.15) is 0 Å². The molecular formula is C16H22N2O4S. The molecule has 126 valence electrons. The smallest absolute Gasteiger partial charge is 0.308 e. The summed E-state index contributed by atoms with van der Waals surface area (Å²) in [7, 11) is 0. The molecule has 3 atom stereocenters. The zero-order chi connectivity index (χ0) is 16.2. The Balaban J connectivity index is 1.66. The summed E-state index contributed by atoms with van der Waals surface area (Å²) in [5.41, 5.74) is 0. The van der Waals surface area contributed by atoms with Crippen molar-refractivity contribution in [2.24, 2.45) is 5.92 Å². The van der Waals surface area contributed by atoms with Gasteiger partial charge in [0.1, 0.15) is 16.0 Å². The van der Waals surface area contributed by atoms with Gasteiger partial charge in [-0.1, -0.05) is 19.3 Å². The highest BCUT2D eigenvalue weighted by atomic mass is 32.1. The Morgan fingerprint density at radius 3 is 2.78 bits per heavy atom. The van der Waals surface area contributed by atoms with E-state index in [9.17, 15) is 14.7 Å². The molecule has 0 aromatic carbocycles. The number of carboxylic acid groups (broad SMARTS) is 1. The van der Waals surface area contributed by atoms with Crippen LogP contribution in [-0.2, 0) is 9.53 Å². The number of carboxylic acids is 1. The normalized spacial score (nSPS) is 28.3. The number of ether oxygens (including phenoxy) is 1.